The van der Waals surface area contributed by atoms with Crippen molar-refractivity contribution in [2.75, 3.05) is 54.9 Å². The van der Waals surface area contributed by atoms with Gasteiger partial charge in [0.25, 0.3) is 0 Å². The van der Waals surface area contributed by atoms with Crippen molar-refractivity contribution in [3.8, 4) is 0 Å². The van der Waals surface area contributed by atoms with Gasteiger partial charge in [-0.05, 0) is 101 Å². The summed E-state index contributed by atoms with van der Waals surface area (Å²) in [6.45, 7) is 8.87. The first-order valence-electron chi connectivity index (χ1n) is 23.9. The molecule has 0 saturated carbocycles. The Morgan fingerprint density at radius 3 is 0.750 bits per heavy atom. The van der Waals surface area contributed by atoms with Crippen LogP contribution in [0.5, 0.6) is 0 Å². The summed E-state index contributed by atoms with van der Waals surface area (Å²) in [5, 5.41) is -18.4. The fourth-order valence-corrected chi connectivity index (χ4v) is 13.2. The van der Waals surface area contributed by atoms with Crippen molar-refractivity contribution in [1.82, 2.24) is 0 Å². The lowest BCUT2D eigenvalue weighted by molar-refractivity contribution is -0.150. The third kappa shape index (κ3) is 58.5. The van der Waals surface area contributed by atoms with Crippen LogP contribution in [0, 0.1) is 29.7 Å². The number of halogens is 8. The van der Waals surface area contributed by atoms with E-state index >= 15 is 0 Å². The molecule has 568 valence electrons. The van der Waals surface area contributed by atoms with Crippen molar-refractivity contribution in [2.45, 2.75) is 234 Å². The minimum absolute atomic E-state index is 0. The normalized spacial score (nSPS) is 12.6. The number of carbonyl (C=O) groups excluding carboxylic acids is 4. The molecule has 0 aliphatic heterocycles. The first kappa shape index (κ1) is 129. The maximum atomic E-state index is 12.8. The highest BCUT2D eigenvalue weighted by molar-refractivity contribution is 7.87. The van der Waals surface area contributed by atoms with E-state index in [1.165, 1.54) is 0 Å². The molecule has 0 radical (unpaired) electrons. The topological polar surface area (TPSA) is 371 Å². The Morgan fingerprint density at radius 2 is 0.554 bits per heavy atom. The molecule has 0 rings (SSSR count). The van der Waals surface area contributed by atoms with E-state index in [1.807, 2.05) is 53.1 Å². The number of ether oxygens (including phenoxy) is 4. The number of unbranched alkanes of at least 4 members (excludes halogenated alkanes) is 1. The van der Waals surface area contributed by atoms with Gasteiger partial charge < -0.3 is 54.9 Å². The van der Waals surface area contributed by atoms with E-state index in [1.54, 1.807) is 28.4 Å². The van der Waals surface area contributed by atoms with Gasteiger partial charge in [-0.3, -0.25) is 19.2 Å². The predicted octanol–water partition coefficient (Wildman–Crippen LogP) is 13.6. The fraction of sp³-hybridized carbons (Fsp3) is 0.846. The van der Waals surface area contributed by atoms with E-state index in [4.69, 9.17) is 17.7 Å². The number of carbonyl (C=O) groups is 4. The van der Waals surface area contributed by atoms with Crippen molar-refractivity contribution in [3.05, 3.63) is 29.7 Å². The maximum absolute atomic E-state index is 12.8. The van der Waals surface area contributed by atoms with E-state index in [2.05, 4.69) is 18.9 Å². The molecule has 0 aliphatic rings. The number of rotatable bonds is 36. The van der Waals surface area contributed by atoms with E-state index in [-0.39, 0.29) is 115 Å². The monoisotopic (exact) mass is 1520 g/mol. The summed E-state index contributed by atoms with van der Waals surface area (Å²) in [5.41, 5.74) is 0. The van der Waals surface area contributed by atoms with Gasteiger partial charge in [0.2, 0.25) is 0 Å². The number of esters is 4. The highest BCUT2D eigenvalue weighted by Gasteiger charge is 2.42. The van der Waals surface area contributed by atoms with Gasteiger partial charge in [0.15, 0.2) is 100 Å². The highest BCUT2D eigenvalue weighted by atomic mass is 32.2. The summed E-state index contributed by atoms with van der Waals surface area (Å²) in [6, 6.07) is 4.54. The summed E-state index contributed by atoms with van der Waals surface area (Å²) in [4.78, 5) is 44.7. The second kappa shape index (κ2) is 56.2. The minimum Gasteiger partial charge on any atom is -0.743 e. The summed E-state index contributed by atoms with van der Waals surface area (Å²) in [6.07, 6.45) is 2.77. The molecule has 0 aliphatic carbocycles. The SMILES string of the molecule is C.C.C.C.C.C.C.C.CCC[Si](C)(CCCC(=O)OCC(F)(F)S(=O)(=O)[O-])OC.CC[Si](C)(CCCC(=O)OCC(F)(F)S(=O)(=O)[O-])OC.CO[Si](C)(C)CCCC(=O)OCC(F)(F)S(=O)(=O)[O-].CO[Si](C)(C)CCCCC(=O)OCC(F)(F)S(=O)(=O)[O-].[CH3+].[CH3+].[CH3+].[CH3+]. The highest BCUT2D eigenvalue weighted by Crippen LogP contribution is 2.26. The molecule has 0 aromatic heterocycles. The Labute approximate surface area is 556 Å². The Hall–Kier alpha value is -2.85. The number of alkyl halides is 8. The van der Waals surface area contributed by atoms with E-state index < -0.39 is 145 Å². The molecule has 24 nitrogen and oxygen atoms in total. The predicted molar refractivity (Wildman–Crippen MR) is 355 cm³/mol. The average molecular weight is 1520 g/mol. The van der Waals surface area contributed by atoms with E-state index in [0.717, 1.165) is 24.6 Å². The molecule has 0 saturated heterocycles. The lowest BCUT2D eigenvalue weighted by Gasteiger charge is -2.24. The van der Waals surface area contributed by atoms with Gasteiger partial charge in [-0.1, -0.05) is 86.1 Å². The molecule has 0 amide bonds. The van der Waals surface area contributed by atoms with Crippen LogP contribution in [0.4, 0.5) is 35.1 Å². The van der Waals surface area contributed by atoms with Crippen LogP contribution < -0.4 is 0 Å². The van der Waals surface area contributed by atoms with Crippen LogP contribution in [0.15, 0.2) is 0 Å². The molecule has 40 heteroatoms. The smallest absolute Gasteiger partial charge is 0.367 e. The van der Waals surface area contributed by atoms with Crippen molar-refractivity contribution in [3.63, 3.8) is 0 Å². The minimum atomic E-state index is -5.83. The van der Waals surface area contributed by atoms with Gasteiger partial charge in [0.1, 0.15) is 0 Å². The van der Waals surface area contributed by atoms with Crippen LogP contribution in [0.3, 0.4) is 0 Å². The maximum Gasteiger partial charge on any atom is 0.367 e. The van der Waals surface area contributed by atoms with Crippen molar-refractivity contribution in [2.24, 2.45) is 0 Å². The van der Waals surface area contributed by atoms with Crippen LogP contribution >= 0.6 is 0 Å². The number of hydrogen-bond acceptors (Lipinski definition) is 24. The van der Waals surface area contributed by atoms with Gasteiger partial charge in [0, 0.05) is 83.8 Å². The Bertz CT molecular complexity index is 2350. The van der Waals surface area contributed by atoms with Crippen molar-refractivity contribution in [1.29, 1.82) is 0 Å². The molecule has 2 atom stereocenters. The van der Waals surface area contributed by atoms with Gasteiger partial charge in [-0.25, -0.2) is 33.7 Å². The molecule has 92 heavy (non-hydrogen) atoms. The second-order valence-electron chi connectivity index (χ2n) is 19.1. The number of hydrogen-bond donors (Lipinski definition) is 0. The third-order valence-electron chi connectivity index (χ3n) is 11.4. The molecule has 0 bridgehead atoms. The lowest BCUT2D eigenvalue weighted by atomic mass is 10.2. The molecule has 0 spiro atoms. The van der Waals surface area contributed by atoms with Gasteiger partial charge >= 0.3 is 44.9 Å². The van der Waals surface area contributed by atoms with E-state index in [0.29, 0.717) is 50.2 Å². The molecule has 0 aromatic rings. The third-order valence-corrected chi connectivity index (χ3v) is 28.0. The van der Waals surface area contributed by atoms with E-state index in [9.17, 15) is 106 Å². The fourth-order valence-electron chi connectivity index (χ4n) is 5.41. The van der Waals surface area contributed by atoms with Crippen LogP contribution in [0.25, 0.3) is 0 Å². The first-order chi connectivity index (χ1) is 35.8. The Kier molecular flexibility index (Phi) is 79.1. The zero-order chi connectivity index (χ0) is 64.1. The Morgan fingerprint density at radius 1 is 0.348 bits per heavy atom. The molecule has 0 heterocycles. The summed E-state index contributed by atoms with van der Waals surface area (Å²) < 4.78 is 262. The summed E-state index contributed by atoms with van der Waals surface area (Å²) in [5.74, 6) is -3.84. The van der Waals surface area contributed by atoms with Gasteiger partial charge in [-0.2, -0.15) is 35.1 Å². The molecular formula is C52H120F8O24S4Si4. The van der Waals surface area contributed by atoms with Crippen molar-refractivity contribution >= 4 is 97.6 Å². The van der Waals surface area contributed by atoms with Gasteiger partial charge in [0.05, 0.1) is 0 Å². The average Bonchev–Trinajstić information content (AvgIpc) is 3.32. The zero-order valence-corrected chi connectivity index (χ0v) is 57.9. The molecular weight excluding hydrogens is 1400 g/mol. The molecule has 0 aromatic carbocycles. The quantitative estimate of drug-likeness (QED) is 0.0107. The molecule has 0 fully saturated rings. The van der Waals surface area contributed by atoms with Crippen LogP contribution in [0.2, 0.25) is 75.5 Å². The molecule has 2 unspecified atom stereocenters. The first-order valence-corrected chi connectivity index (χ1v) is 41.4. The summed E-state index contributed by atoms with van der Waals surface area (Å²) in [7, 11) is -24.2. The lowest BCUT2D eigenvalue weighted by Crippen LogP contribution is -2.35. The second-order valence-corrected chi connectivity index (χ2v) is 42.8. The summed E-state index contributed by atoms with van der Waals surface area (Å²) >= 11 is 0. The zero-order valence-electron chi connectivity index (χ0n) is 50.6. The van der Waals surface area contributed by atoms with Crippen LogP contribution in [0.1, 0.15) is 137 Å². The van der Waals surface area contributed by atoms with Crippen LogP contribution in [-0.2, 0) is 96.3 Å². The van der Waals surface area contributed by atoms with Crippen LogP contribution in [-0.4, -0.2) is 185 Å². The van der Waals surface area contributed by atoms with Gasteiger partial charge in [-0.15, -0.1) is 0 Å². The standard InChI is InChI=1S/C11H22F2O6SSi.2C10H20F2O6SSi.C9H18F2O6SSi.8CH4.4CH3/c1-4-7-21(3,18-2)8-5-6-10(14)19-9-11(12,13)20(15,16)17;1-17-20(2,3)7-5-4-6-9(13)18-8-10(11,12)19(14,15)16;1-4-20(3,17-2)7-5-6-9(13)18-8-10(11,12)19(14,15)16;1-16-19(2,3)6-4-5-8(12)17-7-9(10,11)18(13,14)15;;;;;;;;;;;;/h4-9H2,1-3H3,(H,15,16,17);2*4-8H2,1-3H3,(H,14,15,16);4-7H2,1-3H3,(H,13,14,15);8*1H4;4*1H3/q;;;;;;;;;;;;4*+1/p-4. The van der Waals surface area contributed by atoms with Crippen molar-refractivity contribution < 1.29 is 143 Å². The Balaban J connectivity index is -0.0000000573. The largest absolute Gasteiger partial charge is 0.743 e. The molecule has 0 N–H and O–H groups in total.